The van der Waals surface area contributed by atoms with Crippen LogP contribution in [0.15, 0.2) is 24.3 Å². The number of carboxylic acids is 1. The van der Waals surface area contributed by atoms with Gasteiger partial charge in [-0.05, 0) is 49.3 Å². The van der Waals surface area contributed by atoms with E-state index in [1.165, 1.54) is 12.0 Å². The Kier molecular flexibility index (Phi) is 4.15. The van der Waals surface area contributed by atoms with Gasteiger partial charge in [0.1, 0.15) is 0 Å². The first-order valence-electron chi connectivity index (χ1n) is 6.15. The zero-order valence-electron chi connectivity index (χ0n) is 9.89. The summed E-state index contributed by atoms with van der Waals surface area (Å²) in [5.74, 6) is -0.0936. The number of ether oxygens (including phenoxy) is 1. The Hall–Kier alpha value is -1.35. The number of hydrogen-bond acceptors (Lipinski definition) is 2. The number of aromatic carboxylic acids is 1. The van der Waals surface area contributed by atoms with Crippen LogP contribution in [0.4, 0.5) is 0 Å². The van der Waals surface area contributed by atoms with Crippen molar-refractivity contribution >= 4 is 5.97 Å². The zero-order valence-corrected chi connectivity index (χ0v) is 9.89. The summed E-state index contributed by atoms with van der Waals surface area (Å²) in [6.07, 6.45) is 4.53. The first-order chi connectivity index (χ1) is 8.25. The molecule has 0 spiro atoms. The molecular weight excluding hydrogens is 216 g/mol. The molecule has 1 saturated heterocycles. The quantitative estimate of drug-likeness (QED) is 0.871. The Balaban J connectivity index is 1.84. The monoisotopic (exact) mass is 234 g/mol. The van der Waals surface area contributed by atoms with Crippen LogP contribution in [0.5, 0.6) is 0 Å². The van der Waals surface area contributed by atoms with Gasteiger partial charge in [-0.15, -0.1) is 0 Å². The van der Waals surface area contributed by atoms with Gasteiger partial charge in [0.15, 0.2) is 0 Å². The largest absolute Gasteiger partial charge is 0.478 e. The van der Waals surface area contributed by atoms with Crippen molar-refractivity contribution in [1.82, 2.24) is 0 Å². The van der Waals surface area contributed by atoms with Crippen LogP contribution in [-0.4, -0.2) is 24.3 Å². The van der Waals surface area contributed by atoms with Crippen LogP contribution >= 0.6 is 0 Å². The average molecular weight is 234 g/mol. The molecule has 2 rings (SSSR count). The summed E-state index contributed by atoms with van der Waals surface area (Å²) in [5, 5.41) is 8.80. The Labute approximate surface area is 101 Å². The van der Waals surface area contributed by atoms with Crippen LogP contribution in [0.25, 0.3) is 0 Å². The lowest BCUT2D eigenvalue weighted by atomic mass is 9.93. The fourth-order valence-corrected chi connectivity index (χ4v) is 2.22. The standard InChI is InChI=1S/C14H18O3/c15-14(16)13-5-3-11(4-6-13)1-2-12-7-9-17-10-8-12/h3-6,12H,1-2,7-10H2,(H,15,16). The van der Waals surface area contributed by atoms with Gasteiger partial charge in [0.05, 0.1) is 5.56 Å². The summed E-state index contributed by atoms with van der Waals surface area (Å²) in [5.41, 5.74) is 1.58. The van der Waals surface area contributed by atoms with E-state index in [1.807, 2.05) is 12.1 Å². The minimum absolute atomic E-state index is 0.361. The fraction of sp³-hybridized carbons (Fsp3) is 0.500. The van der Waals surface area contributed by atoms with Crippen LogP contribution in [0.2, 0.25) is 0 Å². The third-order valence-corrected chi connectivity index (χ3v) is 3.38. The highest BCUT2D eigenvalue weighted by atomic mass is 16.5. The second kappa shape index (κ2) is 5.82. The van der Waals surface area contributed by atoms with Gasteiger partial charge < -0.3 is 9.84 Å². The summed E-state index contributed by atoms with van der Waals surface area (Å²) in [6, 6.07) is 7.20. The molecule has 0 aliphatic carbocycles. The van der Waals surface area contributed by atoms with E-state index >= 15 is 0 Å². The minimum atomic E-state index is -0.860. The molecule has 1 aromatic rings. The summed E-state index contributed by atoms with van der Waals surface area (Å²) in [6.45, 7) is 1.78. The van der Waals surface area contributed by atoms with E-state index in [9.17, 15) is 4.79 Å². The lowest BCUT2D eigenvalue weighted by Crippen LogP contribution is -2.16. The first-order valence-corrected chi connectivity index (χ1v) is 6.15. The molecule has 17 heavy (non-hydrogen) atoms. The number of aryl methyl sites for hydroxylation is 1. The molecule has 3 heteroatoms. The predicted molar refractivity (Wildman–Crippen MR) is 65.3 cm³/mol. The van der Waals surface area contributed by atoms with Crippen molar-refractivity contribution in [1.29, 1.82) is 0 Å². The number of hydrogen-bond donors (Lipinski definition) is 1. The maximum absolute atomic E-state index is 10.7. The molecule has 1 aromatic carbocycles. The Bertz CT molecular complexity index is 364. The molecule has 3 nitrogen and oxygen atoms in total. The second-order valence-corrected chi connectivity index (χ2v) is 4.60. The molecule has 1 aliphatic heterocycles. The summed E-state index contributed by atoms with van der Waals surface area (Å²) < 4.78 is 5.33. The van der Waals surface area contributed by atoms with Crippen LogP contribution in [0.1, 0.15) is 35.2 Å². The van der Waals surface area contributed by atoms with Gasteiger partial charge in [-0.1, -0.05) is 12.1 Å². The third-order valence-electron chi connectivity index (χ3n) is 3.38. The highest BCUT2D eigenvalue weighted by Crippen LogP contribution is 2.20. The number of benzene rings is 1. The van der Waals surface area contributed by atoms with Gasteiger partial charge in [-0.2, -0.15) is 0 Å². The second-order valence-electron chi connectivity index (χ2n) is 4.60. The SMILES string of the molecule is O=C(O)c1ccc(CCC2CCOCC2)cc1. The van der Waals surface area contributed by atoms with E-state index in [1.54, 1.807) is 12.1 Å². The molecule has 0 bridgehead atoms. The van der Waals surface area contributed by atoms with E-state index in [-0.39, 0.29) is 0 Å². The molecule has 1 aliphatic rings. The van der Waals surface area contributed by atoms with Crippen LogP contribution in [0.3, 0.4) is 0 Å². The molecule has 0 aromatic heterocycles. The Morgan fingerprint density at radius 1 is 1.24 bits per heavy atom. The molecule has 92 valence electrons. The first kappa shape index (κ1) is 12.1. The van der Waals surface area contributed by atoms with E-state index < -0.39 is 5.97 Å². The lowest BCUT2D eigenvalue weighted by Gasteiger charge is -2.21. The average Bonchev–Trinajstić information content (AvgIpc) is 2.38. The predicted octanol–water partition coefficient (Wildman–Crippen LogP) is 2.74. The van der Waals surface area contributed by atoms with E-state index in [4.69, 9.17) is 9.84 Å². The van der Waals surface area contributed by atoms with Crippen molar-refractivity contribution in [3.05, 3.63) is 35.4 Å². The van der Waals surface area contributed by atoms with E-state index in [2.05, 4.69) is 0 Å². The van der Waals surface area contributed by atoms with Gasteiger partial charge in [0.25, 0.3) is 0 Å². The van der Waals surface area contributed by atoms with Gasteiger partial charge in [-0.25, -0.2) is 4.79 Å². The lowest BCUT2D eigenvalue weighted by molar-refractivity contribution is 0.0640. The van der Waals surface area contributed by atoms with Crippen LogP contribution in [0, 0.1) is 5.92 Å². The van der Waals surface area contributed by atoms with Gasteiger partial charge >= 0.3 is 5.97 Å². The van der Waals surface area contributed by atoms with E-state index in [0.717, 1.165) is 38.4 Å². The van der Waals surface area contributed by atoms with Crippen LogP contribution < -0.4 is 0 Å². The van der Waals surface area contributed by atoms with Gasteiger partial charge in [0.2, 0.25) is 0 Å². The third kappa shape index (κ3) is 3.56. The summed E-state index contributed by atoms with van der Waals surface area (Å²) in [7, 11) is 0. The molecule has 0 atom stereocenters. The fourth-order valence-electron chi connectivity index (χ4n) is 2.22. The number of rotatable bonds is 4. The molecule has 0 saturated carbocycles. The number of carboxylic acid groups (broad SMARTS) is 1. The molecule has 1 N–H and O–H groups in total. The molecular formula is C14H18O3. The maximum Gasteiger partial charge on any atom is 0.335 e. The van der Waals surface area contributed by atoms with Crippen LogP contribution in [-0.2, 0) is 11.2 Å². The number of carbonyl (C=O) groups is 1. The normalized spacial score (nSPS) is 16.9. The van der Waals surface area contributed by atoms with Crippen molar-refractivity contribution in [2.45, 2.75) is 25.7 Å². The van der Waals surface area contributed by atoms with Crippen molar-refractivity contribution < 1.29 is 14.6 Å². The van der Waals surface area contributed by atoms with Crippen molar-refractivity contribution in [3.8, 4) is 0 Å². The summed E-state index contributed by atoms with van der Waals surface area (Å²) in [4.78, 5) is 10.7. The Morgan fingerprint density at radius 3 is 2.47 bits per heavy atom. The van der Waals surface area contributed by atoms with Gasteiger partial charge in [0, 0.05) is 13.2 Å². The van der Waals surface area contributed by atoms with Crippen molar-refractivity contribution in [2.75, 3.05) is 13.2 Å². The summed E-state index contributed by atoms with van der Waals surface area (Å²) >= 11 is 0. The zero-order chi connectivity index (χ0) is 12.1. The molecule has 1 fully saturated rings. The molecule has 0 radical (unpaired) electrons. The Morgan fingerprint density at radius 2 is 1.88 bits per heavy atom. The van der Waals surface area contributed by atoms with Crippen molar-refractivity contribution in [2.24, 2.45) is 5.92 Å². The molecule has 1 heterocycles. The highest BCUT2D eigenvalue weighted by molar-refractivity contribution is 5.87. The molecule has 0 unspecified atom stereocenters. The van der Waals surface area contributed by atoms with E-state index in [0.29, 0.717) is 5.56 Å². The topological polar surface area (TPSA) is 46.5 Å². The van der Waals surface area contributed by atoms with Gasteiger partial charge in [-0.3, -0.25) is 0 Å². The molecule has 0 amide bonds. The minimum Gasteiger partial charge on any atom is -0.478 e. The highest BCUT2D eigenvalue weighted by Gasteiger charge is 2.13. The van der Waals surface area contributed by atoms with Crippen molar-refractivity contribution in [3.63, 3.8) is 0 Å². The maximum atomic E-state index is 10.7. The smallest absolute Gasteiger partial charge is 0.335 e.